The first-order chi connectivity index (χ1) is 17.3. The molecule has 3 saturated carbocycles. The molecule has 0 aliphatic heterocycles. The van der Waals surface area contributed by atoms with Crippen LogP contribution in [0.1, 0.15) is 59.3 Å². The molecule has 0 aromatic rings. The molecule has 0 saturated heterocycles. The number of hydrogen-bond donors (Lipinski definition) is 2. The summed E-state index contributed by atoms with van der Waals surface area (Å²) >= 11 is 0. The van der Waals surface area contributed by atoms with Crippen molar-refractivity contribution in [3.05, 3.63) is 33.9 Å². The number of nitrogens with zero attached hydrogens (tertiary/aromatic N) is 1. The molecule has 11 heteroatoms. The molecule has 0 radical (unpaired) electrons. The third-order valence-corrected chi connectivity index (χ3v) is 9.74. The molecule has 0 bridgehead atoms. The van der Waals surface area contributed by atoms with Gasteiger partial charge in [-0.3, -0.25) is 14.4 Å². The van der Waals surface area contributed by atoms with Crippen LogP contribution in [0, 0.1) is 38.7 Å². The van der Waals surface area contributed by atoms with Gasteiger partial charge < -0.3 is 19.8 Å². The van der Waals surface area contributed by atoms with E-state index in [0.717, 1.165) is 0 Å². The number of Topliss-reactive ketones (excluding diaryl/α,β-unsaturated/α-hetero) is 1. The number of aliphatic hydroxyl groups excluding tert-OH is 2. The smallest absolute Gasteiger partial charge is 0.306 e. The third-order valence-electron chi connectivity index (χ3n) is 9.74. The maximum absolute atomic E-state index is 17.3. The van der Waals surface area contributed by atoms with Crippen molar-refractivity contribution in [2.75, 3.05) is 13.2 Å². The lowest BCUT2D eigenvalue weighted by atomic mass is 9.44. The van der Waals surface area contributed by atoms with Crippen molar-refractivity contribution in [3.63, 3.8) is 0 Å². The van der Waals surface area contributed by atoms with Gasteiger partial charge in [-0.1, -0.05) is 25.5 Å². The second kappa shape index (κ2) is 9.27. The van der Waals surface area contributed by atoms with Gasteiger partial charge in [-0.25, -0.2) is 4.39 Å². The average molecular weight is 524 g/mol. The van der Waals surface area contributed by atoms with E-state index in [4.69, 9.17) is 4.74 Å². The number of halogens is 1. The number of rotatable bonds is 8. The second-order valence-electron chi connectivity index (χ2n) is 11.4. The van der Waals surface area contributed by atoms with Crippen LogP contribution >= 0.6 is 0 Å². The van der Waals surface area contributed by atoms with Crippen molar-refractivity contribution in [3.8, 4) is 0 Å². The van der Waals surface area contributed by atoms with E-state index in [1.54, 1.807) is 26.8 Å². The van der Waals surface area contributed by atoms with E-state index in [0.29, 0.717) is 24.8 Å². The van der Waals surface area contributed by atoms with E-state index >= 15 is 4.39 Å². The molecular weight excluding hydrogens is 489 g/mol. The first-order valence-electron chi connectivity index (χ1n) is 12.7. The van der Waals surface area contributed by atoms with Gasteiger partial charge in [-0.2, -0.15) is 0 Å². The highest BCUT2D eigenvalue weighted by atomic mass is 19.1. The molecule has 4 aliphatic rings. The van der Waals surface area contributed by atoms with Crippen molar-refractivity contribution in [2.24, 2.45) is 28.6 Å². The van der Waals surface area contributed by atoms with E-state index in [9.17, 15) is 34.7 Å². The van der Waals surface area contributed by atoms with Crippen molar-refractivity contribution < 1.29 is 43.6 Å². The van der Waals surface area contributed by atoms with Gasteiger partial charge in [0, 0.05) is 29.1 Å². The number of allylic oxidation sites excluding steroid dienone is 4. The molecule has 3 fully saturated rings. The summed E-state index contributed by atoms with van der Waals surface area (Å²) in [6, 6.07) is 0. The number of aliphatic hydroxyl groups is 2. The highest BCUT2D eigenvalue weighted by Crippen LogP contribution is 2.71. The van der Waals surface area contributed by atoms with Crippen LogP contribution in [0.4, 0.5) is 4.39 Å². The topological polar surface area (TPSA) is 153 Å². The van der Waals surface area contributed by atoms with Crippen LogP contribution in [0.25, 0.3) is 0 Å². The SMILES string of the molecule is CC1CC2C3CCC4=CC(=O)C=CC4(C)C3(F)C(O)CC2(C)C1(OC(=O)CCCO[N+](=O)[O-])C(=O)CO. The van der Waals surface area contributed by atoms with E-state index in [1.165, 1.54) is 12.2 Å². The van der Waals surface area contributed by atoms with Gasteiger partial charge in [0.2, 0.25) is 5.78 Å². The molecule has 0 aromatic heterocycles. The quantitative estimate of drug-likeness (QED) is 0.211. The molecule has 2 N–H and O–H groups in total. The van der Waals surface area contributed by atoms with Crippen LogP contribution in [-0.2, 0) is 24.0 Å². The van der Waals surface area contributed by atoms with Crippen molar-refractivity contribution in [1.82, 2.24) is 0 Å². The van der Waals surface area contributed by atoms with Gasteiger partial charge in [0.1, 0.15) is 6.61 Å². The minimum Gasteiger partial charge on any atom is -0.450 e. The standard InChI is InChI=1S/C26H34FNO9/c1-15-11-19-18-7-6-16-12-17(30)8-9-23(16,2)25(18,27)20(31)13-24(19,3)26(15,21(32)14-29)37-22(33)5-4-10-36-28(34)35/h8-9,12,15,18-20,29,31H,4-7,10-11,13-14H2,1-3H3. The summed E-state index contributed by atoms with van der Waals surface area (Å²) in [5.74, 6) is -3.45. The molecule has 0 aromatic carbocycles. The predicted octanol–water partition coefficient (Wildman–Crippen LogP) is 2.44. The number of alkyl halides is 1. The summed E-state index contributed by atoms with van der Waals surface area (Å²) < 4.78 is 23.2. The number of hydrogen-bond acceptors (Lipinski definition) is 9. The molecule has 37 heavy (non-hydrogen) atoms. The minimum atomic E-state index is -2.11. The molecule has 4 aliphatic carbocycles. The minimum absolute atomic E-state index is 0.0188. The molecule has 0 amide bonds. The van der Waals surface area contributed by atoms with Gasteiger partial charge in [0.25, 0.3) is 5.09 Å². The van der Waals surface area contributed by atoms with Gasteiger partial charge >= 0.3 is 5.97 Å². The largest absolute Gasteiger partial charge is 0.450 e. The van der Waals surface area contributed by atoms with Crippen molar-refractivity contribution in [2.45, 2.75) is 76.7 Å². The number of fused-ring (bicyclic) bond motifs is 5. The fourth-order valence-corrected chi connectivity index (χ4v) is 8.10. The fraction of sp³-hybridized carbons (Fsp3) is 0.731. The number of ether oxygens (including phenoxy) is 1. The third kappa shape index (κ3) is 3.76. The van der Waals surface area contributed by atoms with E-state index < -0.39 is 69.4 Å². The number of carbonyl (C=O) groups is 3. The Bertz CT molecular complexity index is 1070. The summed E-state index contributed by atoms with van der Waals surface area (Å²) in [4.78, 5) is 52.8. The predicted molar refractivity (Wildman–Crippen MR) is 126 cm³/mol. The zero-order valence-electron chi connectivity index (χ0n) is 21.3. The van der Waals surface area contributed by atoms with E-state index in [2.05, 4.69) is 4.84 Å². The molecule has 8 atom stereocenters. The van der Waals surface area contributed by atoms with Crippen LogP contribution in [0.3, 0.4) is 0 Å². The lowest BCUT2D eigenvalue weighted by molar-refractivity contribution is -0.757. The summed E-state index contributed by atoms with van der Waals surface area (Å²) in [6.07, 6.45) is 3.44. The molecule has 10 nitrogen and oxygen atoms in total. The Kier molecular flexibility index (Phi) is 6.86. The number of carbonyl (C=O) groups excluding carboxylic acids is 3. The summed E-state index contributed by atoms with van der Waals surface area (Å²) in [6.45, 7) is 3.91. The van der Waals surface area contributed by atoms with Gasteiger partial charge in [0.05, 0.1) is 12.7 Å². The maximum atomic E-state index is 17.3. The summed E-state index contributed by atoms with van der Waals surface area (Å²) in [5, 5.41) is 30.8. The number of esters is 1. The second-order valence-corrected chi connectivity index (χ2v) is 11.4. The van der Waals surface area contributed by atoms with Crippen molar-refractivity contribution in [1.29, 1.82) is 0 Å². The average Bonchev–Trinajstić information content (AvgIpc) is 3.04. The van der Waals surface area contributed by atoms with Gasteiger partial charge in [0.15, 0.2) is 17.1 Å². The van der Waals surface area contributed by atoms with Gasteiger partial charge in [-0.05, 0) is 57.1 Å². The Balaban J connectivity index is 1.70. The maximum Gasteiger partial charge on any atom is 0.306 e. The molecule has 204 valence electrons. The van der Waals surface area contributed by atoms with Crippen LogP contribution in [-0.4, -0.2) is 63.4 Å². The fourth-order valence-electron chi connectivity index (χ4n) is 8.10. The Morgan fingerprint density at radius 3 is 2.65 bits per heavy atom. The normalized spacial score (nSPS) is 42.2. The highest BCUT2D eigenvalue weighted by molar-refractivity contribution is 6.01. The monoisotopic (exact) mass is 523 g/mol. The first-order valence-corrected chi connectivity index (χ1v) is 12.7. The lowest BCUT2D eigenvalue weighted by Crippen LogP contribution is -2.70. The van der Waals surface area contributed by atoms with Crippen LogP contribution in [0.5, 0.6) is 0 Å². The van der Waals surface area contributed by atoms with Crippen molar-refractivity contribution >= 4 is 17.5 Å². The molecule has 4 rings (SSSR count). The Morgan fingerprint density at radius 1 is 1.30 bits per heavy atom. The Labute approximate surface area is 214 Å². The van der Waals surface area contributed by atoms with E-state index in [1.807, 2.05) is 0 Å². The van der Waals surface area contributed by atoms with Gasteiger partial charge in [-0.15, -0.1) is 10.1 Å². The molecule has 0 heterocycles. The van der Waals surface area contributed by atoms with Crippen LogP contribution in [0.2, 0.25) is 0 Å². The summed E-state index contributed by atoms with van der Waals surface area (Å²) in [5.41, 5.74) is -5.65. The van der Waals surface area contributed by atoms with E-state index in [-0.39, 0.29) is 31.7 Å². The molecular formula is C26H34FNO9. The zero-order valence-corrected chi connectivity index (χ0v) is 21.3. The highest BCUT2D eigenvalue weighted by Gasteiger charge is 2.77. The molecule has 0 spiro atoms. The zero-order chi connectivity index (χ0) is 27.4. The lowest BCUT2D eigenvalue weighted by Gasteiger charge is -2.62. The molecule has 8 unspecified atom stereocenters. The Morgan fingerprint density at radius 2 is 2.00 bits per heavy atom. The van der Waals surface area contributed by atoms with Crippen LogP contribution < -0.4 is 0 Å². The Hall–Kier alpha value is -2.66. The van der Waals surface area contributed by atoms with Crippen LogP contribution in [0.15, 0.2) is 23.8 Å². The first kappa shape index (κ1) is 27.4. The summed E-state index contributed by atoms with van der Waals surface area (Å²) in [7, 11) is 0. The number of ketones is 2.